The van der Waals surface area contributed by atoms with Crippen molar-refractivity contribution in [3.8, 4) is 0 Å². The fourth-order valence-electron chi connectivity index (χ4n) is 0.539. The van der Waals surface area contributed by atoms with Crippen LogP contribution in [-0.2, 0) is 13.7 Å². The molecule has 0 radical (unpaired) electrons. The molecule has 13 heteroatoms. The maximum atomic E-state index is 11.8. The van der Waals surface area contributed by atoms with E-state index in [1.54, 1.807) is 0 Å². The first-order valence-electron chi connectivity index (χ1n) is 2.52. The molecule has 1 aliphatic heterocycles. The van der Waals surface area contributed by atoms with Crippen LogP contribution in [0.2, 0.25) is 0 Å². The Balaban J connectivity index is -0.000000403. The van der Waals surface area contributed by atoms with Gasteiger partial charge in [-0.15, -0.1) is 0 Å². The third-order valence-electron chi connectivity index (χ3n) is 0.856. The largest absolute Gasteiger partial charge is 1.00 e. The third kappa shape index (κ3) is 7.04. The summed E-state index contributed by atoms with van der Waals surface area (Å²) in [6, 6.07) is 0. The van der Waals surface area contributed by atoms with Crippen LogP contribution in [0, 0.1) is 0 Å². The zero-order valence-corrected chi connectivity index (χ0v) is 13.1. The van der Waals surface area contributed by atoms with Crippen molar-refractivity contribution in [1.29, 1.82) is 0 Å². The molecule has 1 rings (SSSR count). The Morgan fingerprint density at radius 1 is 1.00 bits per heavy atom. The molecule has 1 fully saturated rings. The molecule has 0 aromatic heterocycles. The molecule has 1 heterocycles. The summed E-state index contributed by atoms with van der Waals surface area (Å²) in [4.78, 5) is 0. The van der Waals surface area contributed by atoms with E-state index in [1.165, 1.54) is 0 Å². The molecule has 4 nitrogen and oxygen atoms in total. The minimum Gasteiger partial charge on any atom is -0.836 e. The molecular weight excluding hydrogens is 251 g/mol. The van der Waals surface area contributed by atoms with Gasteiger partial charge in [-0.05, 0) is 0 Å². The second kappa shape index (κ2) is 6.69. The SMILES string of the molecule is [H+].[K+].[K+].[O-]B1O[B-](F)(F)O[B-](F)(F)O1. The average Bonchev–Trinajstić information content (AvgIpc) is 1.49. The minimum absolute atomic E-state index is 0. The van der Waals surface area contributed by atoms with E-state index in [0.717, 1.165) is 0 Å². The molecule has 13 heavy (non-hydrogen) atoms. The van der Waals surface area contributed by atoms with E-state index in [1.807, 2.05) is 0 Å². The van der Waals surface area contributed by atoms with Gasteiger partial charge < -0.3 is 36.0 Å². The van der Waals surface area contributed by atoms with Crippen molar-refractivity contribution in [2.45, 2.75) is 0 Å². The van der Waals surface area contributed by atoms with Gasteiger partial charge in [0.25, 0.3) is 7.32 Å². The molecule has 0 atom stereocenters. The molecule has 0 amide bonds. The Bertz CT molecular complexity index is 157. The number of rotatable bonds is 0. The van der Waals surface area contributed by atoms with Crippen molar-refractivity contribution >= 4 is 21.5 Å². The van der Waals surface area contributed by atoms with Gasteiger partial charge in [0, 0.05) is 0 Å². The third-order valence-corrected chi connectivity index (χ3v) is 0.856. The topological polar surface area (TPSA) is 50.8 Å². The van der Waals surface area contributed by atoms with E-state index in [9.17, 15) is 22.3 Å². The van der Waals surface area contributed by atoms with Crippen LogP contribution in [-0.4, -0.2) is 21.5 Å². The molecule has 0 unspecified atom stereocenters. The van der Waals surface area contributed by atoms with Crippen LogP contribution in [0.25, 0.3) is 0 Å². The monoisotopic (exact) mass is 252 g/mol. The normalized spacial score (nSPS) is 24.2. The Hall–Kier alpha value is 3.03. The molecule has 0 saturated carbocycles. The van der Waals surface area contributed by atoms with Gasteiger partial charge in [-0.25, -0.2) is 0 Å². The summed E-state index contributed by atoms with van der Waals surface area (Å²) in [5.74, 6) is 0. The first-order chi connectivity index (χ1) is 4.81. The first-order valence-corrected chi connectivity index (χ1v) is 2.52. The molecule has 0 spiro atoms. The zero-order valence-electron chi connectivity index (χ0n) is 7.88. The van der Waals surface area contributed by atoms with Crippen molar-refractivity contribution in [2.24, 2.45) is 0 Å². The van der Waals surface area contributed by atoms with E-state index in [-0.39, 0.29) is 104 Å². The predicted octanol–water partition coefficient (Wildman–Crippen LogP) is -6.74. The summed E-state index contributed by atoms with van der Waals surface area (Å²) in [5, 5.41) is 9.92. The Morgan fingerprint density at radius 3 is 1.54 bits per heavy atom. The maximum Gasteiger partial charge on any atom is 1.00 e. The van der Waals surface area contributed by atoms with Crippen LogP contribution in [0.4, 0.5) is 17.3 Å². The minimum atomic E-state index is -5.19. The van der Waals surface area contributed by atoms with Crippen molar-refractivity contribution in [1.82, 2.24) is 0 Å². The molecule has 1 saturated heterocycles. The van der Waals surface area contributed by atoms with Gasteiger partial charge in [-0.3, -0.25) is 0 Å². The second-order valence-electron chi connectivity index (χ2n) is 1.77. The average molecular weight is 252 g/mol. The van der Waals surface area contributed by atoms with Crippen LogP contribution in [0.5, 0.6) is 0 Å². The van der Waals surface area contributed by atoms with Gasteiger partial charge in [-0.1, -0.05) is 0 Å². The molecule has 0 aromatic carbocycles. The van der Waals surface area contributed by atoms with Gasteiger partial charge >= 0.3 is 118 Å². The Kier molecular flexibility index (Phi) is 9.46. The molecular formula is HB3F4K2O4. The van der Waals surface area contributed by atoms with Crippen LogP contribution >= 0.6 is 0 Å². The van der Waals surface area contributed by atoms with E-state index >= 15 is 0 Å². The van der Waals surface area contributed by atoms with Crippen molar-refractivity contribution in [3.63, 3.8) is 0 Å². The summed E-state index contributed by atoms with van der Waals surface area (Å²) in [6.45, 7) is 0. The number of hydrogen-bond donors (Lipinski definition) is 0. The second-order valence-corrected chi connectivity index (χ2v) is 1.77. The zero-order chi connectivity index (χ0) is 8.70. The summed E-state index contributed by atoms with van der Waals surface area (Å²) in [6.07, 6.45) is 0. The molecule has 0 aliphatic carbocycles. The molecule has 64 valence electrons. The maximum absolute atomic E-state index is 11.8. The van der Waals surface area contributed by atoms with E-state index in [2.05, 4.69) is 13.7 Å². The summed E-state index contributed by atoms with van der Waals surface area (Å²) in [5.41, 5.74) is 0. The van der Waals surface area contributed by atoms with Gasteiger partial charge in [-0.2, -0.15) is 0 Å². The number of hydrogen-bond acceptors (Lipinski definition) is 4. The summed E-state index contributed by atoms with van der Waals surface area (Å²) < 4.78 is 56.2. The predicted molar refractivity (Wildman–Crippen MR) is 26.1 cm³/mol. The summed E-state index contributed by atoms with van der Waals surface area (Å²) in [7, 11) is -13.3. The van der Waals surface area contributed by atoms with Gasteiger partial charge in [0.05, 0.1) is 0 Å². The smallest absolute Gasteiger partial charge is 0.836 e. The fraction of sp³-hybridized carbons (Fsp3) is 0. The molecule has 0 aromatic rings. The summed E-state index contributed by atoms with van der Waals surface area (Å²) >= 11 is 0. The van der Waals surface area contributed by atoms with Crippen LogP contribution in [0.1, 0.15) is 1.43 Å². The van der Waals surface area contributed by atoms with E-state index < -0.39 is 21.5 Å². The van der Waals surface area contributed by atoms with Gasteiger partial charge in [0.15, 0.2) is 0 Å². The first kappa shape index (κ1) is 18.4. The van der Waals surface area contributed by atoms with Crippen molar-refractivity contribution in [3.05, 3.63) is 0 Å². The van der Waals surface area contributed by atoms with Crippen molar-refractivity contribution < 1.29 is 140 Å². The van der Waals surface area contributed by atoms with Crippen LogP contribution in [0.15, 0.2) is 0 Å². The number of halogens is 4. The fourth-order valence-corrected chi connectivity index (χ4v) is 0.539. The molecule has 0 N–H and O–H groups in total. The van der Waals surface area contributed by atoms with Gasteiger partial charge in [0.2, 0.25) is 0 Å². The standard InChI is InChI=1S/B3F4O4.2K/c4-2(5)9-1(8)10-3(6,7)11-2;;/q-3;2*+1/p+1. The van der Waals surface area contributed by atoms with Gasteiger partial charge in [0.1, 0.15) is 0 Å². The quantitative estimate of drug-likeness (QED) is 0.317. The molecule has 0 bridgehead atoms. The van der Waals surface area contributed by atoms with E-state index in [4.69, 9.17) is 0 Å². The van der Waals surface area contributed by atoms with Crippen LogP contribution in [0.3, 0.4) is 0 Å². The van der Waals surface area contributed by atoms with Crippen LogP contribution < -0.4 is 108 Å². The molecule has 1 aliphatic rings. The Morgan fingerprint density at radius 2 is 1.31 bits per heavy atom. The van der Waals surface area contributed by atoms with Crippen molar-refractivity contribution in [2.75, 3.05) is 0 Å². The Labute approximate surface area is 158 Å². The van der Waals surface area contributed by atoms with E-state index in [0.29, 0.717) is 0 Å².